The third-order valence-corrected chi connectivity index (χ3v) is 4.47. The third-order valence-electron chi connectivity index (χ3n) is 3.75. The number of hydrogen-bond donors (Lipinski definition) is 1. The molecule has 0 bridgehead atoms. The molecule has 0 saturated heterocycles. The van der Waals surface area contributed by atoms with Crippen molar-refractivity contribution in [2.75, 3.05) is 25.6 Å². The van der Waals surface area contributed by atoms with Gasteiger partial charge in [0.25, 0.3) is 0 Å². The summed E-state index contributed by atoms with van der Waals surface area (Å²) in [6, 6.07) is 0.823. The maximum Gasteiger partial charge on any atom is 0.0540 e. The van der Waals surface area contributed by atoms with Crippen molar-refractivity contribution in [2.45, 2.75) is 32.4 Å². The molecule has 0 amide bonds. The van der Waals surface area contributed by atoms with Crippen LogP contribution in [0.5, 0.6) is 0 Å². The first kappa shape index (κ1) is 15.5. The molecule has 0 spiro atoms. The lowest BCUT2D eigenvalue weighted by atomic mass is 10.0. The van der Waals surface area contributed by atoms with Gasteiger partial charge in [0.1, 0.15) is 0 Å². The summed E-state index contributed by atoms with van der Waals surface area (Å²) in [6.07, 6.45) is 5.26. The fourth-order valence-electron chi connectivity index (χ4n) is 2.33. The van der Waals surface area contributed by atoms with Crippen molar-refractivity contribution < 1.29 is 0 Å². The number of hydrogen-bond acceptors (Lipinski definition) is 4. The molecule has 0 radical (unpaired) electrons. The molecule has 2 N–H and O–H groups in total. The summed E-state index contributed by atoms with van der Waals surface area (Å²) in [5.41, 5.74) is 8.44. The molecule has 1 rings (SSSR count). The lowest BCUT2D eigenvalue weighted by Crippen LogP contribution is -2.40. The van der Waals surface area contributed by atoms with E-state index in [4.69, 9.17) is 5.73 Å². The van der Waals surface area contributed by atoms with E-state index >= 15 is 0 Å². The van der Waals surface area contributed by atoms with E-state index in [1.807, 2.05) is 29.7 Å². The molecule has 0 aliphatic carbocycles. The van der Waals surface area contributed by atoms with Crippen LogP contribution in [-0.2, 0) is 7.05 Å². The minimum absolute atomic E-state index is 0.260. The monoisotopic (exact) mass is 270 g/mol. The van der Waals surface area contributed by atoms with Gasteiger partial charge in [0.2, 0.25) is 0 Å². The fraction of sp³-hybridized carbons (Fsp3) is 0.769. The largest absolute Gasteiger partial charge is 0.329 e. The molecule has 18 heavy (non-hydrogen) atoms. The van der Waals surface area contributed by atoms with Crippen LogP contribution in [0.3, 0.4) is 0 Å². The number of likely N-dealkylation sites (N-methyl/N-ethyl adjacent to an activating group) is 1. The van der Waals surface area contributed by atoms with Crippen molar-refractivity contribution in [3.05, 3.63) is 17.5 Å². The van der Waals surface area contributed by atoms with Crippen LogP contribution in [0.4, 0.5) is 0 Å². The molecule has 2 unspecified atom stereocenters. The normalized spacial score (nSPS) is 15.1. The summed E-state index contributed by atoms with van der Waals surface area (Å²) >= 11 is 1.89. The van der Waals surface area contributed by atoms with E-state index in [1.165, 1.54) is 11.3 Å². The van der Waals surface area contributed by atoms with E-state index in [0.717, 1.165) is 12.2 Å². The van der Waals surface area contributed by atoms with Crippen molar-refractivity contribution in [1.29, 1.82) is 0 Å². The fourth-order valence-corrected chi connectivity index (χ4v) is 3.18. The zero-order valence-electron chi connectivity index (χ0n) is 12.2. The Kier molecular flexibility index (Phi) is 6.18. The van der Waals surface area contributed by atoms with E-state index in [-0.39, 0.29) is 6.04 Å². The van der Waals surface area contributed by atoms with Gasteiger partial charge in [-0.3, -0.25) is 9.58 Å². The molecule has 0 aliphatic heterocycles. The Morgan fingerprint density at radius 3 is 2.61 bits per heavy atom. The van der Waals surface area contributed by atoms with Crippen molar-refractivity contribution in [2.24, 2.45) is 12.8 Å². The van der Waals surface area contributed by atoms with Crippen molar-refractivity contribution in [3.8, 4) is 0 Å². The van der Waals surface area contributed by atoms with Crippen LogP contribution >= 0.6 is 11.8 Å². The van der Waals surface area contributed by atoms with Gasteiger partial charge in [0.05, 0.1) is 12.2 Å². The average molecular weight is 270 g/mol. The summed E-state index contributed by atoms with van der Waals surface area (Å²) in [5, 5.41) is 4.33. The van der Waals surface area contributed by atoms with Gasteiger partial charge in [0.15, 0.2) is 0 Å². The maximum absolute atomic E-state index is 5.99. The summed E-state index contributed by atoms with van der Waals surface area (Å²) in [7, 11) is 4.15. The smallest absolute Gasteiger partial charge is 0.0540 e. The number of aryl methyl sites for hydroxylation is 1. The van der Waals surface area contributed by atoms with Crippen LogP contribution in [0.1, 0.15) is 30.6 Å². The zero-order valence-corrected chi connectivity index (χ0v) is 13.0. The summed E-state index contributed by atoms with van der Waals surface area (Å²) in [5.74, 6) is 1.14. The zero-order chi connectivity index (χ0) is 13.7. The van der Waals surface area contributed by atoms with E-state index in [9.17, 15) is 0 Å². The molecule has 104 valence electrons. The van der Waals surface area contributed by atoms with Crippen LogP contribution in [0.25, 0.3) is 0 Å². The molecule has 0 aromatic carbocycles. The van der Waals surface area contributed by atoms with Crippen LogP contribution in [0.15, 0.2) is 6.20 Å². The Hall–Kier alpha value is -0.520. The number of aromatic nitrogens is 2. The second-order valence-corrected chi connectivity index (χ2v) is 5.65. The highest BCUT2D eigenvalue weighted by Crippen LogP contribution is 2.25. The van der Waals surface area contributed by atoms with E-state index in [0.29, 0.717) is 12.6 Å². The quantitative estimate of drug-likeness (QED) is 0.821. The van der Waals surface area contributed by atoms with Crippen LogP contribution in [0, 0.1) is 6.92 Å². The molecule has 1 heterocycles. The van der Waals surface area contributed by atoms with Gasteiger partial charge in [-0.15, -0.1) is 0 Å². The molecule has 0 aliphatic rings. The van der Waals surface area contributed by atoms with Crippen molar-refractivity contribution in [1.82, 2.24) is 14.7 Å². The SMILES string of the molecule is CCC(CSC)N(C)C(CN)c1cnn(C)c1C. The van der Waals surface area contributed by atoms with Gasteiger partial charge >= 0.3 is 0 Å². The van der Waals surface area contributed by atoms with Crippen LogP contribution in [0.2, 0.25) is 0 Å². The molecule has 4 nitrogen and oxygen atoms in total. The van der Waals surface area contributed by atoms with E-state index < -0.39 is 0 Å². The maximum atomic E-state index is 5.99. The highest BCUT2D eigenvalue weighted by atomic mass is 32.2. The number of nitrogens with two attached hydrogens (primary N) is 1. The summed E-state index contributed by atoms with van der Waals surface area (Å²) < 4.78 is 1.92. The van der Waals surface area contributed by atoms with E-state index in [1.54, 1.807) is 0 Å². The number of thioether (sulfide) groups is 1. The molecule has 2 atom stereocenters. The van der Waals surface area contributed by atoms with Gasteiger partial charge < -0.3 is 5.73 Å². The Morgan fingerprint density at radius 1 is 1.56 bits per heavy atom. The van der Waals surface area contributed by atoms with Gasteiger partial charge in [0, 0.05) is 36.6 Å². The second-order valence-electron chi connectivity index (χ2n) is 4.74. The van der Waals surface area contributed by atoms with Gasteiger partial charge in [-0.25, -0.2) is 0 Å². The highest BCUT2D eigenvalue weighted by molar-refractivity contribution is 7.98. The average Bonchev–Trinajstić information content (AvgIpc) is 2.69. The Morgan fingerprint density at radius 2 is 2.22 bits per heavy atom. The molecule has 5 heteroatoms. The Balaban J connectivity index is 2.91. The first-order chi connectivity index (χ1) is 8.56. The molecule has 0 saturated carbocycles. The molecule has 1 aromatic heterocycles. The predicted octanol–water partition coefficient (Wildman–Crippen LogP) is 1.80. The lowest BCUT2D eigenvalue weighted by Gasteiger charge is -2.33. The molecule has 1 aromatic rings. The number of rotatable bonds is 7. The number of nitrogens with zero attached hydrogens (tertiary/aromatic N) is 3. The molecule has 0 fully saturated rings. The van der Waals surface area contributed by atoms with Crippen LogP contribution in [-0.4, -0.2) is 46.3 Å². The molecular formula is C13H26N4S. The minimum Gasteiger partial charge on any atom is -0.329 e. The first-order valence-corrected chi connectivity index (χ1v) is 7.85. The Labute approximate surface area is 115 Å². The predicted molar refractivity (Wildman–Crippen MR) is 80.0 cm³/mol. The van der Waals surface area contributed by atoms with Crippen molar-refractivity contribution >= 4 is 11.8 Å². The van der Waals surface area contributed by atoms with Crippen LogP contribution < -0.4 is 5.73 Å². The topological polar surface area (TPSA) is 47.1 Å². The van der Waals surface area contributed by atoms with Gasteiger partial charge in [-0.1, -0.05) is 6.92 Å². The summed E-state index contributed by atoms with van der Waals surface area (Å²) in [4.78, 5) is 2.40. The molecular weight excluding hydrogens is 244 g/mol. The lowest BCUT2D eigenvalue weighted by molar-refractivity contribution is 0.187. The first-order valence-electron chi connectivity index (χ1n) is 6.46. The third kappa shape index (κ3) is 3.28. The summed E-state index contributed by atoms with van der Waals surface area (Å²) in [6.45, 7) is 4.98. The minimum atomic E-state index is 0.260. The van der Waals surface area contributed by atoms with Gasteiger partial charge in [-0.2, -0.15) is 16.9 Å². The highest BCUT2D eigenvalue weighted by Gasteiger charge is 2.24. The Bertz CT molecular complexity index is 364. The van der Waals surface area contributed by atoms with E-state index in [2.05, 4.69) is 37.1 Å². The van der Waals surface area contributed by atoms with Crippen molar-refractivity contribution in [3.63, 3.8) is 0 Å². The van der Waals surface area contributed by atoms with Gasteiger partial charge in [-0.05, 0) is 26.6 Å². The second kappa shape index (κ2) is 7.16. The standard InChI is InChI=1S/C13H26N4S/c1-6-11(9-18-5)16(3)13(7-14)12-8-15-17(4)10(12)2/h8,11,13H,6-7,9,14H2,1-5H3.